The monoisotopic (exact) mass is 851 g/mol. The first-order valence-corrected chi connectivity index (χ1v) is 21.5. The lowest BCUT2D eigenvalue weighted by Gasteiger charge is -2.35. The third-order valence-electron chi connectivity index (χ3n) is 11.1. The van der Waals surface area contributed by atoms with Gasteiger partial charge in [0.25, 0.3) is 5.91 Å². The molecule has 3 aliphatic rings. The highest BCUT2D eigenvalue weighted by Gasteiger charge is 2.31. The van der Waals surface area contributed by atoms with Crippen LogP contribution in [0.1, 0.15) is 100 Å². The first-order valence-electron chi connectivity index (χ1n) is 21.5. The highest BCUT2D eigenvalue weighted by molar-refractivity contribution is 5.98. The zero-order valence-electron chi connectivity index (χ0n) is 36.9. The van der Waals surface area contributed by atoms with Crippen LogP contribution < -0.4 is 26.9 Å². The maximum Gasteiger partial charge on any atom is 0.410 e. The minimum atomic E-state index is -0.868. The smallest absolute Gasteiger partial charge is 0.410 e. The Morgan fingerprint density at radius 1 is 0.806 bits per heavy atom. The number of alkyl carbamates (subject to hydrolysis) is 1. The van der Waals surface area contributed by atoms with E-state index < -0.39 is 23.3 Å². The van der Waals surface area contributed by atoms with Gasteiger partial charge in [-0.15, -0.1) is 5.11 Å². The van der Waals surface area contributed by atoms with E-state index in [-0.39, 0.29) is 48.2 Å². The molecule has 2 aliphatic heterocycles. The fraction of sp³-hybridized carbons (Fsp3) is 0.500. The number of amides is 5. The second kappa shape index (κ2) is 19.8. The lowest BCUT2D eigenvalue weighted by atomic mass is 9.81. The lowest BCUT2D eigenvalue weighted by Crippen LogP contribution is -2.51. The molecule has 2 fully saturated rings. The van der Waals surface area contributed by atoms with Gasteiger partial charge < -0.3 is 35.2 Å². The summed E-state index contributed by atoms with van der Waals surface area (Å²) in [6.07, 6.45) is 1.89. The van der Waals surface area contributed by atoms with Crippen molar-refractivity contribution < 1.29 is 33.4 Å². The molecule has 0 aromatic heterocycles. The zero-order valence-corrected chi connectivity index (χ0v) is 36.9. The van der Waals surface area contributed by atoms with Crippen LogP contribution in [-0.2, 0) is 25.5 Å². The van der Waals surface area contributed by atoms with Gasteiger partial charge >= 0.3 is 12.2 Å². The Kier molecular flexibility index (Phi) is 14.5. The van der Waals surface area contributed by atoms with Crippen molar-refractivity contribution >= 4 is 35.6 Å². The summed E-state index contributed by atoms with van der Waals surface area (Å²) in [6, 6.07) is 19.9. The second-order valence-corrected chi connectivity index (χ2v) is 18.3. The van der Waals surface area contributed by atoms with E-state index in [2.05, 4.69) is 37.2 Å². The van der Waals surface area contributed by atoms with Gasteiger partial charge in [-0.2, -0.15) is 5.43 Å². The molecule has 2 heterocycles. The summed E-state index contributed by atoms with van der Waals surface area (Å²) in [5.74, 6) is -0.662. The maximum atomic E-state index is 14.0. The van der Waals surface area contributed by atoms with Crippen LogP contribution in [0.5, 0.6) is 0 Å². The molecule has 1 unspecified atom stereocenters. The van der Waals surface area contributed by atoms with Crippen LogP contribution in [0, 0.1) is 18.8 Å². The Balaban J connectivity index is 1.10. The van der Waals surface area contributed by atoms with Gasteiger partial charge in [-0.05, 0) is 132 Å². The number of anilines is 1. The van der Waals surface area contributed by atoms with Crippen molar-refractivity contribution in [3.05, 3.63) is 89.0 Å². The van der Waals surface area contributed by atoms with E-state index in [1.165, 1.54) is 0 Å². The number of piperazine rings is 1. The van der Waals surface area contributed by atoms with Crippen LogP contribution >= 0.6 is 0 Å². The third-order valence-corrected chi connectivity index (χ3v) is 11.1. The standard InChI is InChI=1S/C46H61N9O7/c1-29-8-13-35(42(58)54-22-24-55(25-23-54)44(60)62-46(5,6)7)27-37(29)32-14-9-30(10-15-32)26-38(41(57)48-36-20-18-33(19-21-36)39-50-52-53-51-39)49-40(56)34-16-11-31(12-17-34)28-47-43(59)61-45(2,3)4/h8-10,13-15,18-21,27,31,34,38-39H,11-12,16-17,22-26,28H2,1-7H3,(H,47,59)(H,48,57)(H,49,56)(H,50,53)(H,51,52)/t31?,34?,38-/m0/s1. The van der Waals surface area contributed by atoms with Crippen LogP contribution in [0.25, 0.3) is 11.1 Å². The number of aryl methyl sites for hydroxylation is 1. The maximum absolute atomic E-state index is 14.0. The molecule has 16 nitrogen and oxygen atoms in total. The van der Waals surface area contributed by atoms with Crippen molar-refractivity contribution in [2.75, 3.05) is 38.0 Å². The van der Waals surface area contributed by atoms with Gasteiger partial charge in [0, 0.05) is 56.3 Å². The van der Waals surface area contributed by atoms with Crippen LogP contribution in [0.15, 0.2) is 77.1 Å². The van der Waals surface area contributed by atoms with Gasteiger partial charge in [0.2, 0.25) is 11.8 Å². The van der Waals surface area contributed by atoms with E-state index >= 15 is 0 Å². The van der Waals surface area contributed by atoms with Crippen molar-refractivity contribution in [1.29, 1.82) is 0 Å². The molecule has 5 amide bonds. The van der Waals surface area contributed by atoms with Crippen LogP contribution in [0.2, 0.25) is 0 Å². The van der Waals surface area contributed by atoms with E-state index in [1.807, 2.05) is 103 Å². The summed E-state index contributed by atoms with van der Waals surface area (Å²) in [5.41, 5.74) is 10.0. The average molecular weight is 852 g/mol. The fourth-order valence-electron chi connectivity index (χ4n) is 7.73. The number of nitrogens with one attached hydrogen (secondary N) is 5. The number of carbonyl (C=O) groups excluding carboxylic acids is 5. The minimum absolute atomic E-state index is 0.102. The number of hydrogen-bond donors (Lipinski definition) is 5. The topological polar surface area (TPSA) is 195 Å². The van der Waals surface area contributed by atoms with E-state index in [1.54, 1.807) is 21.9 Å². The molecule has 1 saturated heterocycles. The molecule has 2 atom stereocenters. The summed E-state index contributed by atoms with van der Waals surface area (Å²) >= 11 is 0. The van der Waals surface area contributed by atoms with Crippen LogP contribution in [-0.4, -0.2) is 89.7 Å². The van der Waals surface area contributed by atoms with Crippen LogP contribution in [0.4, 0.5) is 15.3 Å². The largest absolute Gasteiger partial charge is 0.444 e. The average Bonchev–Trinajstić information content (AvgIpc) is 3.78. The lowest BCUT2D eigenvalue weighted by molar-refractivity contribution is -0.130. The molecule has 0 radical (unpaired) electrons. The van der Waals surface area contributed by atoms with Crippen molar-refractivity contribution in [3.8, 4) is 11.1 Å². The number of benzene rings is 3. The molecule has 3 aromatic carbocycles. The number of carbonyl (C=O) groups is 5. The van der Waals surface area contributed by atoms with Gasteiger partial charge in [-0.25, -0.2) is 15.1 Å². The van der Waals surface area contributed by atoms with Gasteiger partial charge in [0.05, 0.1) is 0 Å². The molecule has 62 heavy (non-hydrogen) atoms. The molecule has 0 spiro atoms. The Morgan fingerprint density at radius 2 is 1.45 bits per heavy atom. The van der Waals surface area contributed by atoms with E-state index in [9.17, 15) is 24.0 Å². The van der Waals surface area contributed by atoms with E-state index in [0.29, 0.717) is 56.8 Å². The van der Waals surface area contributed by atoms with E-state index in [4.69, 9.17) is 9.47 Å². The Bertz CT molecular complexity index is 2100. The molecular weight excluding hydrogens is 791 g/mol. The number of nitrogens with zero attached hydrogens (tertiary/aromatic N) is 4. The normalized spacial score (nSPS) is 19.5. The summed E-state index contributed by atoms with van der Waals surface area (Å²) in [7, 11) is 0. The number of hydrogen-bond acceptors (Lipinski definition) is 11. The number of hydrazine groups is 1. The summed E-state index contributed by atoms with van der Waals surface area (Å²) in [4.78, 5) is 69.5. The Hall–Kier alpha value is -6.03. The Labute approximate surface area is 363 Å². The van der Waals surface area contributed by atoms with Gasteiger partial charge in [-0.1, -0.05) is 47.7 Å². The predicted molar refractivity (Wildman–Crippen MR) is 235 cm³/mol. The Morgan fingerprint density at radius 3 is 2.06 bits per heavy atom. The number of ether oxygens (including phenoxy) is 2. The highest BCUT2D eigenvalue weighted by atomic mass is 16.6. The first kappa shape index (κ1) is 45.5. The van der Waals surface area contributed by atoms with Crippen molar-refractivity contribution in [2.45, 2.75) is 104 Å². The third kappa shape index (κ3) is 12.8. The summed E-state index contributed by atoms with van der Waals surface area (Å²) < 4.78 is 10.9. The minimum Gasteiger partial charge on any atom is -0.444 e. The molecular formula is C46H61N9O7. The predicted octanol–water partition coefficient (Wildman–Crippen LogP) is 6.83. The molecule has 3 aromatic rings. The fourth-order valence-corrected chi connectivity index (χ4v) is 7.73. The molecule has 1 saturated carbocycles. The van der Waals surface area contributed by atoms with Crippen molar-refractivity contribution in [1.82, 2.24) is 31.4 Å². The molecule has 1 aliphatic carbocycles. The summed E-state index contributed by atoms with van der Waals surface area (Å²) in [6.45, 7) is 15.0. The zero-order chi connectivity index (χ0) is 44.6. The van der Waals surface area contributed by atoms with Crippen molar-refractivity contribution in [2.24, 2.45) is 22.2 Å². The van der Waals surface area contributed by atoms with Crippen molar-refractivity contribution in [3.63, 3.8) is 0 Å². The van der Waals surface area contributed by atoms with Gasteiger partial charge in [0.15, 0.2) is 6.17 Å². The number of rotatable bonds is 11. The quantitative estimate of drug-likeness (QED) is 0.138. The second-order valence-electron chi connectivity index (χ2n) is 18.3. The highest BCUT2D eigenvalue weighted by Crippen LogP contribution is 2.30. The van der Waals surface area contributed by atoms with Gasteiger partial charge in [-0.3, -0.25) is 14.4 Å². The molecule has 5 N–H and O–H groups in total. The molecule has 332 valence electrons. The van der Waals surface area contributed by atoms with Crippen LogP contribution in [0.3, 0.4) is 0 Å². The van der Waals surface area contributed by atoms with E-state index in [0.717, 1.165) is 40.7 Å². The molecule has 6 rings (SSSR count). The molecule has 0 bridgehead atoms. The summed E-state index contributed by atoms with van der Waals surface area (Å²) in [5, 5.41) is 16.7. The van der Waals surface area contributed by atoms with Gasteiger partial charge in [0.1, 0.15) is 17.2 Å². The first-order chi connectivity index (χ1) is 29.4. The molecule has 16 heteroatoms. The SMILES string of the molecule is Cc1ccc(C(=O)N2CCN(C(=O)OC(C)(C)C)CC2)cc1-c1ccc(C[C@H](NC(=O)C2CCC(CNC(=O)OC(C)(C)C)CC2)C(=O)Nc2ccc(C3N=NNN3)cc2)cc1.